The van der Waals surface area contributed by atoms with Crippen LogP contribution in [0.5, 0.6) is 0 Å². The Labute approximate surface area is 177 Å². The molecule has 2 aromatic carbocycles. The summed E-state index contributed by atoms with van der Waals surface area (Å²) < 4.78 is 26.4. The molecule has 2 aromatic heterocycles. The second kappa shape index (κ2) is 7.52. The number of imidazole rings is 1. The number of amides is 1. The average Bonchev–Trinajstić information content (AvgIpc) is 3.13. The number of pyridine rings is 1. The van der Waals surface area contributed by atoms with E-state index < -0.39 is 21.8 Å². The summed E-state index contributed by atoms with van der Waals surface area (Å²) >= 11 is 6.25. The van der Waals surface area contributed by atoms with Crippen molar-refractivity contribution in [3.05, 3.63) is 83.3 Å². The lowest BCUT2D eigenvalue weighted by Gasteiger charge is -2.18. The minimum Gasteiger partial charge on any atom is -0.369 e. The molecule has 30 heavy (non-hydrogen) atoms. The van der Waals surface area contributed by atoms with E-state index in [2.05, 4.69) is 9.97 Å². The molecule has 1 unspecified atom stereocenters. The molecular formula is C20H16ClN5O3S. The molecule has 2 heterocycles. The van der Waals surface area contributed by atoms with Gasteiger partial charge in [-0.25, -0.2) is 23.5 Å². The fourth-order valence-corrected chi connectivity index (χ4v) is 4.37. The van der Waals surface area contributed by atoms with E-state index in [-0.39, 0.29) is 10.6 Å². The van der Waals surface area contributed by atoms with Gasteiger partial charge in [-0.05, 0) is 41.5 Å². The number of hydrogen-bond donors (Lipinski definition) is 2. The van der Waals surface area contributed by atoms with Gasteiger partial charge < -0.3 is 5.73 Å². The number of nitrogens with two attached hydrogens (primary N) is 2. The molecule has 4 N–H and O–H groups in total. The molecule has 10 heteroatoms. The first-order valence-electron chi connectivity index (χ1n) is 8.76. The number of aromatic nitrogens is 3. The third kappa shape index (κ3) is 3.54. The number of benzene rings is 2. The lowest BCUT2D eigenvalue weighted by Crippen LogP contribution is -2.24. The fourth-order valence-electron chi connectivity index (χ4n) is 3.37. The van der Waals surface area contributed by atoms with Crippen LogP contribution in [0.2, 0.25) is 5.02 Å². The molecule has 0 fully saturated rings. The third-order valence-electron chi connectivity index (χ3n) is 4.69. The molecule has 0 aliphatic heterocycles. The van der Waals surface area contributed by atoms with Gasteiger partial charge in [-0.1, -0.05) is 35.9 Å². The highest BCUT2D eigenvalue weighted by Gasteiger charge is 2.26. The van der Waals surface area contributed by atoms with Crippen molar-refractivity contribution in [1.82, 2.24) is 14.5 Å². The van der Waals surface area contributed by atoms with Crippen molar-refractivity contribution in [1.29, 1.82) is 0 Å². The number of sulfonamides is 1. The van der Waals surface area contributed by atoms with E-state index in [1.165, 1.54) is 23.0 Å². The Morgan fingerprint density at radius 1 is 1.07 bits per heavy atom. The lowest BCUT2D eigenvalue weighted by atomic mass is 9.90. The van der Waals surface area contributed by atoms with Gasteiger partial charge in [0, 0.05) is 11.2 Å². The molecule has 0 aliphatic carbocycles. The molecule has 0 radical (unpaired) electrons. The van der Waals surface area contributed by atoms with Crippen LogP contribution in [-0.2, 0) is 14.8 Å². The van der Waals surface area contributed by atoms with Crippen molar-refractivity contribution in [3.63, 3.8) is 0 Å². The highest BCUT2D eigenvalue weighted by Crippen LogP contribution is 2.33. The van der Waals surface area contributed by atoms with Crippen molar-refractivity contribution >= 4 is 38.7 Å². The van der Waals surface area contributed by atoms with Crippen LogP contribution in [-0.4, -0.2) is 28.9 Å². The van der Waals surface area contributed by atoms with Crippen LogP contribution in [0.15, 0.2) is 72.0 Å². The number of halogens is 1. The highest BCUT2D eigenvalue weighted by molar-refractivity contribution is 7.89. The monoisotopic (exact) mass is 441 g/mol. The number of primary sulfonamides is 1. The van der Waals surface area contributed by atoms with E-state index in [9.17, 15) is 13.2 Å². The molecule has 1 amide bonds. The first kappa shape index (κ1) is 20.0. The second-order valence-corrected chi connectivity index (χ2v) is 8.53. The van der Waals surface area contributed by atoms with Crippen LogP contribution in [0, 0.1) is 0 Å². The summed E-state index contributed by atoms with van der Waals surface area (Å²) in [6, 6.07) is 14.7. The zero-order valence-electron chi connectivity index (χ0n) is 15.4. The van der Waals surface area contributed by atoms with E-state index in [1.807, 2.05) is 0 Å². The summed E-state index contributed by atoms with van der Waals surface area (Å²) in [5.74, 6) is -1.63. The molecule has 0 aliphatic rings. The van der Waals surface area contributed by atoms with Crippen LogP contribution in [0.1, 0.15) is 17.0 Å². The van der Waals surface area contributed by atoms with E-state index in [4.69, 9.17) is 22.5 Å². The van der Waals surface area contributed by atoms with Crippen molar-refractivity contribution in [2.45, 2.75) is 10.8 Å². The van der Waals surface area contributed by atoms with Gasteiger partial charge in [0.2, 0.25) is 15.9 Å². The van der Waals surface area contributed by atoms with Crippen LogP contribution in [0.25, 0.3) is 16.9 Å². The number of carbonyl (C=O) groups excluding carboxylic acids is 1. The van der Waals surface area contributed by atoms with Crippen LogP contribution < -0.4 is 10.9 Å². The topological polar surface area (TPSA) is 134 Å². The first-order valence-corrected chi connectivity index (χ1v) is 10.7. The third-order valence-corrected chi connectivity index (χ3v) is 5.97. The number of primary amides is 1. The molecule has 152 valence electrons. The van der Waals surface area contributed by atoms with Gasteiger partial charge in [0.1, 0.15) is 16.7 Å². The Balaban J connectivity index is 1.95. The van der Waals surface area contributed by atoms with Gasteiger partial charge in [0.25, 0.3) is 0 Å². The molecule has 0 bridgehead atoms. The minimum absolute atomic E-state index is 0.191. The maximum absolute atomic E-state index is 12.4. The summed E-state index contributed by atoms with van der Waals surface area (Å²) in [5.41, 5.74) is 7.76. The Hall–Kier alpha value is -3.27. The maximum atomic E-state index is 12.4. The standard InChI is InChI=1S/C20H16ClN5O3S/c21-14-5-2-1-4-13(14)18(19(22)27)12-7-8-16(17(10-12)30(23,28)29)26-11-25-15-6-3-9-24-20(15)26/h1-11,18H,(H2,22,27)(H2,23,28,29). The van der Waals surface area contributed by atoms with Gasteiger partial charge in [-0.3, -0.25) is 9.36 Å². The molecule has 1 atom stereocenters. The molecular weight excluding hydrogens is 426 g/mol. The van der Waals surface area contributed by atoms with E-state index >= 15 is 0 Å². The molecule has 4 rings (SSSR count). The number of nitrogens with zero attached hydrogens (tertiary/aromatic N) is 3. The normalized spacial score (nSPS) is 12.7. The zero-order valence-corrected chi connectivity index (χ0v) is 17.0. The second-order valence-electron chi connectivity index (χ2n) is 6.59. The van der Waals surface area contributed by atoms with E-state index in [0.717, 1.165) is 0 Å². The predicted octanol–water partition coefficient (Wildman–Crippen LogP) is 2.34. The average molecular weight is 442 g/mol. The van der Waals surface area contributed by atoms with Gasteiger partial charge >= 0.3 is 0 Å². The molecule has 8 nitrogen and oxygen atoms in total. The SMILES string of the molecule is NC(=O)C(c1ccc(-n2cnc3cccnc32)c(S(N)(=O)=O)c1)c1ccccc1Cl. The Morgan fingerprint density at radius 2 is 1.83 bits per heavy atom. The van der Waals surface area contributed by atoms with Gasteiger partial charge in [-0.15, -0.1) is 0 Å². The maximum Gasteiger partial charge on any atom is 0.240 e. The highest BCUT2D eigenvalue weighted by atomic mass is 35.5. The molecule has 0 saturated heterocycles. The molecule has 0 saturated carbocycles. The predicted molar refractivity (Wildman–Crippen MR) is 113 cm³/mol. The van der Waals surface area contributed by atoms with Crippen LogP contribution >= 0.6 is 11.6 Å². The number of fused-ring (bicyclic) bond motifs is 1. The number of carbonyl (C=O) groups is 1. The van der Waals surface area contributed by atoms with E-state index in [0.29, 0.717) is 27.3 Å². The van der Waals surface area contributed by atoms with Crippen molar-refractivity contribution in [3.8, 4) is 5.69 Å². The number of rotatable bonds is 5. The fraction of sp³-hybridized carbons (Fsp3) is 0.0500. The van der Waals surface area contributed by atoms with Gasteiger partial charge in [-0.2, -0.15) is 0 Å². The first-order chi connectivity index (χ1) is 14.3. The molecule has 4 aromatic rings. The Bertz CT molecular complexity index is 1380. The Morgan fingerprint density at radius 3 is 2.53 bits per heavy atom. The lowest BCUT2D eigenvalue weighted by molar-refractivity contribution is -0.118. The van der Waals surface area contributed by atoms with Crippen molar-refractivity contribution in [2.24, 2.45) is 10.9 Å². The smallest absolute Gasteiger partial charge is 0.240 e. The van der Waals surface area contributed by atoms with Crippen molar-refractivity contribution in [2.75, 3.05) is 0 Å². The molecule has 0 spiro atoms. The zero-order chi connectivity index (χ0) is 21.5. The summed E-state index contributed by atoms with van der Waals surface area (Å²) in [7, 11) is -4.16. The summed E-state index contributed by atoms with van der Waals surface area (Å²) in [4.78, 5) is 20.6. The van der Waals surface area contributed by atoms with E-state index in [1.54, 1.807) is 48.7 Å². The summed E-state index contributed by atoms with van der Waals surface area (Å²) in [6.45, 7) is 0. The Kier molecular flexibility index (Phi) is 5.02. The van der Waals surface area contributed by atoms with Crippen LogP contribution in [0.4, 0.5) is 0 Å². The summed E-state index contributed by atoms with van der Waals surface area (Å²) in [6.07, 6.45) is 3.03. The largest absolute Gasteiger partial charge is 0.369 e. The number of hydrogen-bond acceptors (Lipinski definition) is 5. The summed E-state index contributed by atoms with van der Waals surface area (Å²) in [5, 5.41) is 5.84. The van der Waals surface area contributed by atoms with Crippen molar-refractivity contribution < 1.29 is 13.2 Å². The quantitative estimate of drug-likeness (QED) is 0.490. The van der Waals surface area contributed by atoms with Gasteiger partial charge in [0.15, 0.2) is 5.65 Å². The minimum atomic E-state index is -4.16. The van der Waals surface area contributed by atoms with Crippen LogP contribution in [0.3, 0.4) is 0 Å². The van der Waals surface area contributed by atoms with Gasteiger partial charge in [0.05, 0.1) is 11.6 Å².